The Bertz CT molecular complexity index is 1120. The maximum absolute atomic E-state index is 11.9. The van der Waals surface area contributed by atoms with Crippen molar-refractivity contribution >= 4 is 52.0 Å². The average molecular weight is 446 g/mol. The molecular formula is C22H21Cl2N3O3. The number of anilines is 1. The fraction of sp³-hybridized carbons (Fsp3) is 0.227. The zero-order valence-electron chi connectivity index (χ0n) is 16.8. The first-order chi connectivity index (χ1) is 14.4. The first kappa shape index (κ1) is 21.9. The lowest BCUT2D eigenvalue weighted by atomic mass is 10.2. The van der Waals surface area contributed by atoms with Gasteiger partial charge < -0.3 is 14.8 Å². The van der Waals surface area contributed by atoms with Crippen LogP contribution < -0.4 is 10.1 Å². The number of esters is 1. The lowest BCUT2D eigenvalue weighted by molar-refractivity contribution is -0.138. The summed E-state index contributed by atoms with van der Waals surface area (Å²) < 4.78 is 10.2. The van der Waals surface area contributed by atoms with E-state index in [9.17, 15) is 4.79 Å². The Kier molecular flexibility index (Phi) is 7.13. The molecule has 0 saturated carbocycles. The van der Waals surface area contributed by atoms with E-state index in [4.69, 9.17) is 32.7 Å². The van der Waals surface area contributed by atoms with Gasteiger partial charge in [-0.2, -0.15) is 0 Å². The van der Waals surface area contributed by atoms with E-state index in [0.29, 0.717) is 51.7 Å². The lowest BCUT2D eigenvalue weighted by Crippen LogP contribution is -2.07. The fourth-order valence-corrected chi connectivity index (χ4v) is 3.27. The zero-order chi connectivity index (χ0) is 21.7. The van der Waals surface area contributed by atoms with Gasteiger partial charge in [0.15, 0.2) is 5.82 Å². The molecule has 0 aliphatic rings. The number of methoxy groups -OCH3 is 1. The maximum atomic E-state index is 11.9. The molecule has 3 aromatic rings. The summed E-state index contributed by atoms with van der Waals surface area (Å²) in [5.41, 5.74) is 2.07. The largest absolute Gasteiger partial charge is 0.495 e. The van der Waals surface area contributed by atoms with Crippen molar-refractivity contribution in [2.45, 2.75) is 20.4 Å². The molecule has 1 aromatic heterocycles. The number of aromatic nitrogens is 2. The molecule has 0 amide bonds. The van der Waals surface area contributed by atoms with Gasteiger partial charge in [0.05, 0.1) is 24.3 Å². The van der Waals surface area contributed by atoms with Crippen LogP contribution in [0.25, 0.3) is 17.0 Å². The molecule has 0 aliphatic carbocycles. The van der Waals surface area contributed by atoms with Crippen molar-refractivity contribution in [3.8, 4) is 5.75 Å². The lowest BCUT2D eigenvalue weighted by Gasteiger charge is -2.12. The minimum atomic E-state index is -0.403. The molecule has 0 spiro atoms. The second kappa shape index (κ2) is 9.78. The van der Waals surface area contributed by atoms with Gasteiger partial charge >= 0.3 is 5.97 Å². The highest BCUT2D eigenvalue weighted by Crippen LogP contribution is 2.27. The standard InChI is InChI=1S/C22H21Cl2N3O3/c1-4-30-22(28)13(2)9-20-26-18-7-6-15(23)11-16(18)21(27-20)25-12-14-5-8-19(29-3)17(24)10-14/h5-11H,4,12H2,1-3H3,(H,25,26,27)/b13-9+. The highest BCUT2D eigenvalue weighted by molar-refractivity contribution is 6.32. The average Bonchev–Trinajstić information content (AvgIpc) is 2.72. The number of halogens is 2. The number of rotatable bonds is 7. The van der Waals surface area contributed by atoms with Gasteiger partial charge in [-0.1, -0.05) is 29.3 Å². The van der Waals surface area contributed by atoms with E-state index in [2.05, 4.69) is 15.3 Å². The number of carbonyl (C=O) groups excluding carboxylic acids is 1. The molecule has 0 unspecified atom stereocenters. The molecule has 0 aliphatic heterocycles. The van der Waals surface area contributed by atoms with E-state index < -0.39 is 5.97 Å². The van der Waals surface area contributed by atoms with E-state index in [1.54, 1.807) is 39.2 Å². The third kappa shape index (κ3) is 5.20. The van der Waals surface area contributed by atoms with Crippen LogP contribution in [0.2, 0.25) is 10.0 Å². The van der Waals surface area contributed by atoms with Crippen LogP contribution >= 0.6 is 23.2 Å². The Morgan fingerprint density at radius 2 is 1.97 bits per heavy atom. The van der Waals surface area contributed by atoms with E-state index in [1.165, 1.54) is 0 Å². The van der Waals surface area contributed by atoms with Crippen LogP contribution in [0.1, 0.15) is 25.2 Å². The van der Waals surface area contributed by atoms with Crippen molar-refractivity contribution in [3.05, 3.63) is 63.4 Å². The Morgan fingerprint density at radius 1 is 1.17 bits per heavy atom. The molecule has 6 nitrogen and oxygen atoms in total. The Morgan fingerprint density at radius 3 is 2.67 bits per heavy atom. The SMILES string of the molecule is CCOC(=O)/C(C)=C/c1nc(NCc2ccc(OC)c(Cl)c2)c2cc(Cl)ccc2n1. The van der Waals surface area contributed by atoms with E-state index in [1.807, 2.05) is 24.3 Å². The third-order valence-electron chi connectivity index (χ3n) is 4.29. The minimum Gasteiger partial charge on any atom is -0.495 e. The van der Waals surface area contributed by atoms with Crippen LogP contribution in [-0.4, -0.2) is 29.7 Å². The van der Waals surface area contributed by atoms with Crippen LogP contribution in [0, 0.1) is 0 Å². The molecule has 1 N–H and O–H groups in total. The van der Waals surface area contributed by atoms with Crippen molar-refractivity contribution in [1.29, 1.82) is 0 Å². The summed E-state index contributed by atoms with van der Waals surface area (Å²) in [5, 5.41) is 5.19. The highest BCUT2D eigenvalue weighted by Gasteiger charge is 2.11. The second-order valence-corrected chi connectivity index (χ2v) is 7.31. The summed E-state index contributed by atoms with van der Waals surface area (Å²) in [7, 11) is 1.57. The maximum Gasteiger partial charge on any atom is 0.333 e. The van der Waals surface area contributed by atoms with Crippen LogP contribution in [0.15, 0.2) is 42.0 Å². The zero-order valence-corrected chi connectivity index (χ0v) is 18.3. The molecule has 30 heavy (non-hydrogen) atoms. The molecule has 3 rings (SSSR count). The van der Waals surface area contributed by atoms with Crippen molar-refractivity contribution in [2.24, 2.45) is 0 Å². The summed E-state index contributed by atoms with van der Waals surface area (Å²) in [6.45, 7) is 4.20. The van der Waals surface area contributed by atoms with E-state index >= 15 is 0 Å². The monoisotopic (exact) mass is 445 g/mol. The number of carbonyl (C=O) groups is 1. The fourth-order valence-electron chi connectivity index (χ4n) is 2.82. The van der Waals surface area contributed by atoms with Crippen molar-refractivity contribution in [3.63, 3.8) is 0 Å². The van der Waals surface area contributed by atoms with Gasteiger partial charge in [-0.3, -0.25) is 0 Å². The molecule has 1 heterocycles. The molecule has 8 heteroatoms. The summed E-state index contributed by atoms with van der Waals surface area (Å²) in [6.07, 6.45) is 1.60. The van der Waals surface area contributed by atoms with Gasteiger partial charge in [0.2, 0.25) is 0 Å². The van der Waals surface area contributed by atoms with Gasteiger partial charge in [-0.15, -0.1) is 0 Å². The number of nitrogens with zero attached hydrogens (tertiary/aromatic N) is 2. The number of benzene rings is 2. The molecular weight excluding hydrogens is 425 g/mol. The summed E-state index contributed by atoms with van der Waals surface area (Å²) in [5.74, 6) is 1.20. The van der Waals surface area contributed by atoms with Crippen LogP contribution in [-0.2, 0) is 16.1 Å². The molecule has 0 saturated heterocycles. The van der Waals surface area contributed by atoms with Gasteiger partial charge in [-0.05, 0) is 55.8 Å². The summed E-state index contributed by atoms with van der Waals surface area (Å²) in [6, 6.07) is 10.9. The Labute approximate surface area is 184 Å². The summed E-state index contributed by atoms with van der Waals surface area (Å²) in [4.78, 5) is 21.0. The molecule has 156 valence electrons. The first-order valence-corrected chi connectivity index (χ1v) is 10.1. The molecule has 0 fully saturated rings. The van der Waals surface area contributed by atoms with Crippen LogP contribution in [0.3, 0.4) is 0 Å². The van der Waals surface area contributed by atoms with Crippen LogP contribution in [0.4, 0.5) is 5.82 Å². The van der Waals surface area contributed by atoms with E-state index in [0.717, 1.165) is 10.9 Å². The Hall–Kier alpha value is -2.83. The quantitative estimate of drug-likeness (QED) is 0.380. The number of ether oxygens (including phenoxy) is 2. The van der Waals surface area contributed by atoms with E-state index in [-0.39, 0.29) is 0 Å². The number of fused-ring (bicyclic) bond motifs is 1. The number of hydrogen-bond donors (Lipinski definition) is 1. The smallest absolute Gasteiger partial charge is 0.333 e. The van der Waals surface area contributed by atoms with Gasteiger partial charge in [0, 0.05) is 22.5 Å². The molecule has 0 bridgehead atoms. The third-order valence-corrected chi connectivity index (χ3v) is 4.82. The first-order valence-electron chi connectivity index (χ1n) is 9.30. The predicted molar refractivity (Wildman–Crippen MR) is 120 cm³/mol. The normalized spacial score (nSPS) is 11.4. The number of hydrogen-bond acceptors (Lipinski definition) is 6. The second-order valence-electron chi connectivity index (χ2n) is 6.46. The van der Waals surface area contributed by atoms with Crippen molar-refractivity contribution in [1.82, 2.24) is 9.97 Å². The highest BCUT2D eigenvalue weighted by atomic mass is 35.5. The van der Waals surface area contributed by atoms with Gasteiger partial charge in [0.1, 0.15) is 11.6 Å². The number of nitrogens with one attached hydrogen (secondary N) is 1. The van der Waals surface area contributed by atoms with Gasteiger partial charge in [0.25, 0.3) is 0 Å². The Balaban J connectivity index is 1.95. The predicted octanol–water partition coefficient (Wildman–Crippen LogP) is 5.52. The topological polar surface area (TPSA) is 73.3 Å². The van der Waals surface area contributed by atoms with Crippen molar-refractivity contribution in [2.75, 3.05) is 19.0 Å². The van der Waals surface area contributed by atoms with Crippen molar-refractivity contribution < 1.29 is 14.3 Å². The van der Waals surface area contributed by atoms with Crippen LogP contribution in [0.5, 0.6) is 5.75 Å². The molecule has 2 aromatic carbocycles. The van der Waals surface area contributed by atoms with Gasteiger partial charge in [-0.25, -0.2) is 14.8 Å². The molecule has 0 atom stereocenters. The molecule has 0 radical (unpaired) electrons. The summed E-state index contributed by atoms with van der Waals surface area (Å²) >= 11 is 12.4. The minimum absolute atomic E-state index is 0.304.